The zero-order chi connectivity index (χ0) is 13.1. The lowest BCUT2D eigenvalue weighted by Gasteiger charge is -2.28. The highest BCUT2D eigenvalue weighted by atomic mass is 35.5. The molecule has 0 aromatic rings. The van der Waals surface area contributed by atoms with Crippen LogP contribution in [0.3, 0.4) is 0 Å². The molecule has 0 N–H and O–H groups in total. The van der Waals surface area contributed by atoms with Crippen LogP contribution in [0.1, 0.15) is 39.5 Å². The molecular formula is C15H33ClNP. The van der Waals surface area contributed by atoms with Crippen LogP contribution in [0, 0.1) is 0 Å². The van der Waals surface area contributed by atoms with Gasteiger partial charge in [0, 0.05) is 13.8 Å². The summed E-state index contributed by atoms with van der Waals surface area (Å²) in [5, 5.41) is 0. The molecule has 0 aromatic carbocycles. The quantitative estimate of drug-likeness (QED) is 0.411. The lowest BCUT2D eigenvalue weighted by atomic mass is 10.4. The van der Waals surface area contributed by atoms with Gasteiger partial charge < -0.3 is 17.3 Å². The fraction of sp³-hybridized carbons (Fsp3) is 0.867. The van der Waals surface area contributed by atoms with Crippen LogP contribution in [-0.4, -0.2) is 50.2 Å². The van der Waals surface area contributed by atoms with E-state index in [1.54, 1.807) is 0 Å². The molecule has 0 aromatic heterocycles. The van der Waals surface area contributed by atoms with Crippen LogP contribution in [0.5, 0.6) is 0 Å². The van der Waals surface area contributed by atoms with Gasteiger partial charge in [-0.1, -0.05) is 39.3 Å². The minimum absolute atomic E-state index is 0. The first-order valence-electron chi connectivity index (χ1n) is 7.21. The first kappa shape index (κ1) is 20.7. The van der Waals surface area contributed by atoms with Gasteiger partial charge in [-0.2, -0.15) is 0 Å². The van der Waals surface area contributed by atoms with Crippen molar-refractivity contribution in [3.05, 3.63) is 12.7 Å². The molecule has 0 aliphatic rings. The molecule has 0 saturated heterocycles. The normalized spacial score (nSPS) is 11.4. The van der Waals surface area contributed by atoms with Crippen molar-refractivity contribution in [2.45, 2.75) is 39.5 Å². The number of halogens is 1. The van der Waals surface area contributed by atoms with E-state index in [1.165, 1.54) is 56.9 Å². The topological polar surface area (TPSA) is 3.24 Å². The molecule has 0 unspecified atom stereocenters. The van der Waals surface area contributed by atoms with Gasteiger partial charge in [0.25, 0.3) is 0 Å². The molecule has 0 saturated carbocycles. The van der Waals surface area contributed by atoms with Crippen LogP contribution in [0.4, 0.5) is 0 Å². The van der Waals surface area contributed by atoms with Gasteiger partial charge in [-0.15, -0.1) is 0 Å². The molecule has 0 fully saturated rings. The van der Waals surface area contributed by atoms with Crippen molar-refractivity contribution in [2.24, 2.45) is 0 Å². The molecule has 0 radical (unpaired) electrons. The Kier molecular flexibility index (Phi) is 14.3. The third-order valence-electron chi connectivity index (χ3n) is 3.51. The average molecular weight is 294 g/mol. The van der Waals surface area contributed by atoms with Crippen molar-refractivity contribution in [2.75, 3.05) is 45.3 Å². The highest BCUT2D eigenvalue weighted by Crippen LogP contribution is 2.59. The average Bonchev–Trinajstić information content (AvgIpc) is 2.31. The zero-order valence-electron chi connectivity index (χ0n) is 12.9. The summed E-state index contributed by atoms with van der Waals surface area (Å²) in [6.07, 6.45) is 13.4. The van der Waals surface area contributed by atoms with Gasteiger partial charge in [-0.05, 0) is 26.9 Å². The standard InChI is InChI=1S/C15H33NP.ClH/c1-6-9-13-17(12-8-3,14-10-7-2)15-11-16(4)5;/h8H,3,6-7,9-15H2,1-2,4-5H3;1H/q+1;/p-1. The van der Waals surface area contributed by atoms with Crippen molar-refractivity contribution < 1.29 is 12.4 Å². The lowest BCUT2D eigenvalue weighted by molar-refractivity contribution is -0.00000398. The third kappa shape index (κ3) is 9.36. The maximum atomic E-state index is 4.00. The summed E-state index contributed by atoms with van der Waals surface area (Å²) < 4.78 is 0. The van der Waals surface area contributed by atoms with E-state index in [0.29, 0.717) is 0 Å². The fourth-order valence-electron chi connectivity index (χ4n) is 2.28. The second-order valence-electron chi connectivity index (χ2n) is 5.49. The molecule has 0 amide bonds. The molecule has 0 rings (SSSR count). The van der Waals surface area contributed by atoms with E-state index in [0.717, 1.165) is 0 Å². The van der Waals surface area contributed by atoms with Crippen molar-refractivity contribution in [3.63, 3.8) is 0 Å². The van der Waals surface area contributed by atoms with Crippen molar-refractivity contribution in [3.8, 4) is 0 Å². The Hall–Kier alpha value is 0.420. The molecule has 110 valence electrons. The maximum Gasteiger partial charge on any atom is 0.0771 e. The Morgan fingerprint density at radius 1 is 1.00 bits per heavy atom. The third-order valence-corrected chi connectivity index (χ3v) is 8.22. The Labute approximate surface area is 122 Å². The van der Waals surface area contributed by atoms with Crippen molar-refractivity contribution >= 4 is 7.26 Å². The molecule has 1 nitrogen and oxygen atoms in total. The fourth-order valence-corrected chi connectivity index (χ4v) is 6.85. The van der Waals surface area contributed by atoms with Crippen LogP contribution in [0.2, 0.25) is 0 Å². The van der Waals surface area contributed by atoms with E-state index < -0.39 is 7.26 Å². The highest BCUT2D eigenvalue weighted by molar-refractivity contribution is 7.76. The summed E-state index contributed by atoms with van der Waals surface area (Å²) in [5.41, 5.74) is 0. The Bertz CT molecular complexity index is 187. The smallest absolute Gasteiger partial charge is 0.0771 e. The zero-order valence-corrected chi connectivity index (χ0v) is 14.6. The van der Waals surface area contributed by atoms with Crippen LogP contribution in [-0.2, 0) is 0 Å². The summed E-state index contributed by atoms with van der Waals surface area (Å²) in [6, 6.07) is 0. The SMILES string of the molecule is C=CC[P+](CCCC)(CCCC)CCN(C)C.[Cl-]. The molecule has 0 spiro atoms. The van der Waals surface area contributed by atoms with E-state index in [-0.39, 0.29) is 12.4 Å². The largest absolute Gasteiger partial charge is 1.00 e. The van der Waals surface area contributed by atoms with Crippen molar-refractivity contribution in [1.29, 1.82) is 0 Å². The molecule has 0 aliphatic carbocycles. The van der Waals surface area contributed by atoms with E-state index in [2.05, 4.69) is 45.5 Å². The Morgan fingerprint density at radius 2 is 1.50 bits per heavy atom. The molecule has 0 bridgehead atoms. The van der Waals surface area contributed by atoms with E-state index in [9.17, 15) is 0 Å². The summed E-state index contributed by atoms with van der Waals surface area (Å²) in [5.74, 6) is 0. The van der Waals surface area contributed by atoms with Crippen LogP contribution in [0.25, 0.3) is 0 Å². The predicted molar refractivity (Wildman–Crippen MR) is 85.0 cm³/mol. The maximum absolute atomic E-state index is 4.00. The second-order valence-corrected chi connectivity index (χ2v) is 9.88. The van der Waals surface area contributed by atoms with Gasteiger partial charge in [-0.25, -0.2) is 0 Å². The summed E-state index contributed by atoms with van der Waals surface area (Å²) in [4.78, 5) is 2.34. The van der Waals surface area contributed by atoms with Gasteiger partial charge in [0.05, 0.1) is 24.6 Å². The number of rotatable bonds is 11. The monoisotopic (exact) mass is 293 g/mol. The van der Waals surface area contributed by atoms with E-state index >= 15 is 0 Å². The number of hydrogen-bond donors (Lipinski definition) is 0. The minimum atomic E-state index is -0.743. The molecule has 3 heteroatoms. The van der Waals surface area contributed by atoms with Crippen molar-refractivity contribution in [1.82, 2.24) is 4.90 Å². The number of unbranched alkanes of at least 4 members (excludes halogenated alkanes) is 2. The Balaban J connectivity index is 0. The predicted octanol–water partition coefficient (Wildman–Crippen LogP) is 1.36. The van der Waals surface area contributed by atoms with Crippen LogP contribution in [0.15, 0.2) is 12.7 Å². The Morgan fingerprint density at radius 3 is 1.83 bits per heavy atom. The molecule has 0 heterocycles. The second kappa shape index (κ2) is 12.5. The summed E-state index contributed by atoms with van der Waals surface area (Å²) >= 11 is 0. The highest BCUT2D eigenvalue weighted by Gasteiger charge is 2.34. The summed E-state index contributed by atoms with van der Waals surface area (Å²) in [7, 11) is 3.65. The number of hydrogen-bond acceptors (Lipinski definition) is 1. The van der Waals surface area contributed by atoms with Crippen LogP contribution < -0.4 is 12.4 Å². The van der Waals surface area contributed by atoms with E-state index in [4.69, 9.17) is 0 Å². The van der Waals surface area contributed by atoms with Crippen LogP contribution >= 0.6 is 7.26 Å². The van der Waals surface area contributed by atoms with Gasteiger partial charge >= 0.3 is 0 Å². The molecule has 0 aliphatic heterocycles. The molecular weight excluding hydrogens is 261 g/mol. The minimum Gasteiger partial charge on any atom is -1.00 e. The molecule has 18 heavy (non-hydrogen) atoms. The number of allylic oxidation sites excluding steroid dienone is 1. The summed E-state index contributed by atoms with van der Waals surface area (Å²) in [6.45, 7) is 9.89. The number of nitrogens with zero attached hydrogens (tertiary/aromatic N) is 1. The van der Waals surface area contributed by atoms with Gasteiger partial charge in [0.15, 0.2) is 0 Å². The van der Waals surface area contributed by atoms with Gasteiger partial charge in [0.2, 0.25) is 0 Å². The molecule has 0 atom stereocenters. The first-order valence-corrected chi connectivity index (χ1v) is 9.74. The van der Waals surface area contributed by atoms with E-state index in [1.807, 2.05) is 0 Å². The van der Waals surface area contributed by atoms with Gasteiger partial charge in [0.1, 0.15) is 0 Å². The van der Waals surface area contributed by atoms with Gasteiger partial charge in [-0.3, -0.25) is 0 Å². The lowest BCUT2D eigenvalue weighted by Crippen LogP contribution is -3.00. The first-order chi connectivity index (χ1) is 8.10.